The van der Waals surface area contributed by atoms with Gasteiger partial charge < -0.3 is 21.1 Å². The summed E-state index contributed by atoms with van der Waals surface area (Å²) in [6.07, 6.45) is 1.88. The molecule has 0 radical (unpaired) electrons. The highest BCUT2D eigenvalue weighted by Crippen LogP contribution is 2.18. The minimum absolute atomic E-state index is 0.180. The number of pyridine rings is 1. The summed E-state index contributed by atoms with van der Waals surface area (Å²) in [4.78, 5) is 4.38. The summed E-state index contributed by atoms with van der Waals surface area (Å²) in [7, 11) is 0. The first-order valence-corrected chi connectivity index (χ1v) is 9.19. The second-order valence-electron chi connectivity index (χ2n) is 6.72. The van der Waals surface area contributed by atoms with Gasteiger partial charge in [-0.3, -0.25) is 0 Å². The molecule has 1 fully saturated rings. The number of ether oxygens (including phenoxy) is 1. The number of nitrogens with two attached hydrogens (primary N) is 1. The molecule has 0 amide bonds. The maximum Gasteiger partial charge on any atom is 0.123 e. The van der Waals surface area contributed by atoms with Crippen LogP contribution in [0.2, 0.25) is 0 Å². The van der Waals surface area contributed by atoms with Crippen LogP contribution in [0.25, 0.3) is 0 Å². The molecule has 0 bridgehead atoms. The maximum absolute atomic E-state index is 13.1. The molecule has 1 aromatic carbocycles. The van der Waals surface area contributed by atoms with Crippen molar-refractivity contribution in [2.24, 2.45) is 5.92 Å². The quantitative estimate of drug-likeness (QED) is 0.596. The number of nitrogens with zero attached hydrogens (tertiary/aromatic N) is 1. The first kappa shape index (κ1) is 18.8. The summed E-state index contributed by atoms with van der Waals surface area (Å²) < 4.78 is 19.2. The summed E-state index contributed by atoms with van der Waals surface area (Å²) in [5.41, 5.74) is 7.78. The molecular weight excluding hydrogens is 331 g/mol. The van der Waals surface area contributed by atoms with Crippen LogP contribution in [0.3, 0.4) is 0 Å². The number of nitrogens with one attached hydrogen (secondary N) is 2. The van der Waals surface area contributed by atoms with E-state index in [4.69, 9.17) is 10.5 Å². The van der Waals surface area contributed by atoms with Crippen molar-refractivity contribution in [2.45, 2.75) is 18.9 Å². The van der Waals surface area contributed by atoms with E-state index in [1.54, 1.807) is 18.2 Å². The number of hydrogen-bond donors (Lipinski definition) is 3. The van der Waals surface area contributed by atoms with E-state index in [0.717, 1.165) is 50.3 Å². The summed E-state index contributed by atoms with van der Waals surface area (Å²) in [5.74, 6) is 0.797. The summed E-state index contributed by atoms with van der Waals surface area (Å²) in [6, 6.07) is 12.5. The van der Waals surface area contributed by atoms with Crippen molar-refractivity contribution in [1.29, 1.82) is 0 Å². The topological polar surface area (TPSA) is 72.2 Å². The van der Waals surface area contributed by atoms with Crippen molar-refractivity contribution in [3.63, 3.8) is 0 Å². The Morgan fingerprint density at radius 3 is 2.92 bits per heavy atom. The Balaban J connectivity index is 1.33. The minimum atomic E-state index is -0.180. The lowest BCUT2D eigenvalue weighted by Gasteiger charge is -2.19. The molecule has 0 aliphatic carbocycles. The third kappa shape index (κ3) is 5.76. The van der Waals surface area contributed by atoms with Crippen LogP contribution in [0, 0.1) is 11.7 Å². The molecule has 0 spiro atoms. The zero-order chi connectivity index (χ0) is 18.2. The monoisotopic (exact) mass is 358 g/mol. The fourth-order valence-electron chi connectivity index (χ4n) is 3.32. The van der Waals surface area contributed by atoms with Gasteiger partial charge in [0.05, 0.1) is 12.7 Å². The van der Waals surface area contributed by atoms with Gasteiger partial charge >= 0.3 is 0 Å². The molecule has 6 heteroatoms. The number of benzene rings is 1. The van der Waals surface area contributed by atoms with E-state index in [9.17, 15) is 4.39 Å². The molecule has 4 N–H and O–H groups in total. The predicted molar refractivity (Wildman–Crippen MR) is 101 cm³/mol. The molecule has 1 aromatic heterocycles. The number of anilines is 1. The number of nitrogen functional groups attached to an aromatic ring is 1. The van der Waals surface area contributed by atoms with Gasteiger partial charge in [0.25, 0.3) is 0 Å². The highest BCUT2D eigenvalue weighted by atomic mass is 19.1. The number of rotatable bonds is 9. The average Bonchev–Trinajstić information content (AvgIpc) is 3.05. The standard InChI is InChI=1S/C20H27FN4O/c21-17-4-1-3-15(11-17)7-8-23-9-10-26-19-14-24-13-16(19)12-18-5-2-6-20(22)25-18/h1-6,11,16,19,23-24H,7-10,12-14H2,(H2,22,25)/t16-,19+/m1/s1. The molecule has 0 unspecified atom stereocenters. The van der Waals surface area contributed by atoms with Gasteiger partial charge in [-0.15, -0.1) is 0 Å². The first-order chi connectivity index (χ1) is 12.7. The van der Waals surface area contributed by atoms with Crippen LogP contribution >= 0.6 is 0 Å². The summed E-state index contributed by atoms with van der Waals surface area (Å²) in [5, 5.41) is 6.75. The van der Waals surface area contributed by atoms with E-state index in [0.29, 0.717) is 18.3 Å². The Morgan fingerprint density at radius 1 is 1.19 bits per heavy atom. The van der Waals surface area contributed by atoms with E-state index in [1.807, 2.05) is 18.2 Å². The Labute approximate surface area is 154 Å². The van der Waals surface area contributed by atoms with E-state index in [-0.39, 0.29) is 11.9 Å². The Bertz CT molecular complexity index is 697. The molecule has 1 aliphatic heterocycles. The van der Waals surface area contributed by atoms with Gasteiger partial charge in [0, 0.05) is 31.2 Å². The van der Waals surface area contributed by atoms with Crippen molar-refractivity contribution in [2.75, 3.05) is 38.5 Å². The Kier molecular flexibility index (Phi) is 6.94. The zero-order valence-corrected chi connectivity index (χ0v) is 15.0. The Morgan fingerprint density at radius 2 is 2.08 bits per heavy atom. The average molecular weight is 358 g/mol. The van der Waals surface area contributed by atoms with Crippen molar-refractivity contribution >= 4 is 5.82 Å². The van der Waals surface area contributed by atoms with Gasteiger partial charge in [-0.25, -0.2) is 9.37 Å². The van der Waals surface area contributed by atoms with Crippen LogP contribution in [-0.2, 0) is 17.6 Å². The summed E-state index contributed by atoms with van der Waals surface area (Å²) in [6.45, 7) is 4.07. The lowest BCUT2D eigenvalue weighted by Crippen LogP contribution is -2.29. The van der Waals surface area contributed by atoms with Gasteiger partial charge in [0.2, 0.25) is 0 Å². The Hall–Kier alpha value is -2.02. The first-order valence-electron chi connectivity index (χ1n) is 9.19. The highest BCUT2D eigenvalue weighted by molar-refractivity contribution is 5.29. The highest BCUT2D eigenvalue weighted by Gasteiger charge is 2.28. The normalized spacial score (nSPS) is 19.7. The molecule has 0 saturated carbocycles. The molecule has 1 aliphatic rings. The largest absolute Gasteiger partial charge is 0.384 e. The SMILES string of the molecule is Nc1cccc(C[C@@H]2CNC[C@@H]2OCCNCCc2cccc(F)c2)n1. The molecule has 2 aromatic rings. The lowest BCUT2D eigenvalue weighted by atomic mass is 9.99. The van der Waals surface area contributed by atoms with E-state index in [1.165, 1.54) is 6.07 Å². The number of hydrogen-bond acceptors (Lipinski definition) is 5. The predicted octanol–water partition coefficient (Wildman–Crippen LogP) is 1.78. The molecule has 26 heavy (non-hydrogen) atoms. The van der Waals surface area contributed by atoms with Crippen LogP contribution < -0.4 is 16.4 Å². The van der Waals surface area contributed by atoms with Gasteiger partial charge in [0.1, 0.15) is 11.6 Å². The smallest absolute Gasteiger partial charge is 0.123 e. The third-order valence-corrected chi connectivity index (χ3v) is 4.67. The molecule has 5 nitrogen and oxygen atoms in total. The summed E-state index contributed by atoms with van der Waals surface area (Å²) >= 11 is 0. The van der Waals surface area contributed by atoms with Crippen LogP contribution in [0.4, 0.5) is 10.2 Å². The molecular formula is C20H27FN4O. The second kappa shape index (κ2) is 9.62. The number of halogens is 1. The van der Waals surface area contributed by atoms with Crippen molar-refractivity contribution in [3.8, 4) is 0 Å². The molecule has 140 valence electrons. The van der Waals surface area contributed by atoms with Crippen LogP contribution in [0.15, 0.2) is 42.5 Å². The third-order valence-electron chi connectivity index (χ3n) is 4.67. The van der Waals surface area contributed by atoms with Crippen LogP contribution in [-0.4, -0.2) is 43.9 Å². The van der Waals surface area contributed by atoms with Crippen LogP contribution in [0.1, 0.15) is 11.3 Å². The minimum Gasteiger partial charge on any atom is -0.384 e. The van der Waals surface area contributed by atoms with Crippen molar-refractivity contribution in [3.05, 3.63) is 59.5 Å². The van der Waals surface area contributed by atoms with E-state index in [2.05, 4.69) is 15.6 Å². The molecule has 2 heterocycles. The van der Waals surface area contributed by atoms with Gasteiger partial charge in [-0.2, -0.15) is 0 Å². The van der Waals surface area contributed by atoms with Crippen LogP contribution in [0.5, 0.6) is 0 Å². The van der Waals surface area contributed by atoms with Crippen molar-refractivity contribution < 1.29 is 9.13 Å². The fraction of sp³-hybridized carbons (Fsp3) is 0.450. The van der Waals surface area contributed by atoms with Crippen molar-refractivity contribution in [1.82, 2.24) is 15.6 Å². The van der Waals surface area contributed by atoms with E-state index < -0.39 is 0 Å². The van der Waals surface area contributed by atoms with Gasteiger partial charge in [0.15, 0.2) is 0 Å². The lowest BCUT2D eigenvalue weighted by molar-refractivity contribution is 0.0397. The maximum atomic E-state index is 13.1. The molecule has 1 saturated heterocycles. The fourth-order valence-corrected chi connectivity index (χ4v) is 3.32. The molecule has 3 rings (SSSR count). The van der Waals surface area contributed by atoms with E-state index >= 15 is 0 Å². The molecule has 2 atom stereocenters. The zero-order valence-electron chi connectivity index (χ0n) is 15.0. The van der Waals surface area contributed by atoms with Gasteiger partial charge in [-0.05, 0) is 49.2 Å². The number of aromatic nitrogens is 1. The second-order valence-corrected chi connectivity index (χ2v) is 6.72. The van der Waals surface area contributed by atoms with Gasteiger partial charge in [-0.1, -0.05) is 18.2 Å².